The van der Waals surface area contributed by atoms with Crippen LogP contribution < -0.4 is 5.32 Å². The van der Waals surface area contributed by atoms with Crippen LogP contribution in [0, 0.1) is 5.82 Å². The van der Waals surface area contributed by atoms with Crippen molar-refractivity contribution in [3.8, 4) is 0 Å². The summed E-state index contributed by atoms with van der Waals surface area (Å²) in [5.41, 5.74) is -1.76. The van der Waals surface area contributed by atoms with E-state index in [4.69, 9.17) is 0 Å². The molecule has 1 amide bonds. The molecule has 1 aromatic heterocycles. The Bertz CT molecular complexity index is 595. The van der Waals surface area contributed by atoms with Crippen molar-refractivity contribution in [2.24, 2.45) is 0 Å². The number of hydrogen-bond acceptors (Lipinski definition) is 4. The minimum atomic E-state index is -4.75. The molecule has 10 heteroatoms. The van der Waals surface area contributed by atoms with Crippen molar-refractivity contribution in [1.82, 2.24) is 20.6 Å². The Morgan fingerprint density at radius 3 is 2.58 bits per heavy atom. The van der Waals surface area contributed by atoms with E-state index in [1.165, 1.54) is 0 Å². The van der Waals surface area contributed by atoms with Crippen molar-refractivity contribution in [3.63, 3.8) is 0 Å². The van der Waals surface area contributed by atoms with Crippen LogP contribution in [-0.4, -0.2) is 26.5 Å². The van der Waals surface area contributed by atoms with Gasteiger partial charge in [-0.05, 0) is 23.4 Å². The first-order chi connectivity index (χ1) is 8.86. The maximum Gasteiger partial charge on any atom is 0.416 e. The summed E-state index contributed by atoms with van der Waals surface area (Å²) < 4.78 is 50.4. The number of tetrazole rings is 1. The third-order valence-electron chi connectivity index (χ3n) is 2.06. The third-order valence-corrected chi connectivity index (χ3v) is 2.06. The molecule has 6 nitrogen and oxygen atoms in total. The largest absolute Gasteiger partial charge is 0.416 e. The van der Waals surface area contributed by atoms with Crippen LogP contribution >= 0.6 is 0 Å². The topological polar surface area (TPSA) is 83.6 Å². The van der Waals surface area contributed by atoms with Crippen LogP contribution in [0.5, 0.6) is 0 Å². The number of alkyl halides is 3. The Balaban J connectivity index is 2.29. The number of anilines is 1. The molecular weight excluding hydrogens is 270 g/mol. The van der Waals surface area contributed by atoms with Crippen LogP contribution in [0.2, 0.25) is 0 Å². The van der Waals surface area contributed by atoms with Crippen LogP contribution in [0.3, 0.4) is 0 Å². The number of rotatable bonds is 2. The van der Waals surface area contributed by atoms with E-state index < -0.39 is 29.0 Å². The van der Waals surface area contributed by atoms with Gasteiger partial charge in [-0.15, -0.1) is 5.10 Å². The molecule has 0 atom stereocenters. The molecule has 0 aliphatic heterocycles. The Hall–Kier alpha value is -2.52. The fourth-order valence-corrected chi connectivity index (χ4v) is 1.27. The molecule has 2 rings (SSSR count). The Labute approximate surface area is 102 Å². The number of benzene rings is 1. The zero-order chi connectivity index (χ0) is 14.0. The van der Waals surface area contributed by atoms with E-state index in [0.29, 0.717) is 18.2 Å². The fourth-order valence-electron chi connectivity index (χ4n) is 1.27. The molecule has 0 saturated heterocycles. The van der Waals surface area contributed by atoms with Gasteiger partial charge in [0.2, 0.25) is 0 Å². The number of halogens is 4. The number of carbonyl (C=O) groups is 1. The quantitative estimate of drug-likeness (QED) is 0.815. The van der Waals surface area contributed by atoms with Crippen molar-refractivity contribution < 1.29 is 22.4 Å². The van der Waals surface area contributed by atoms with E-state index in [1.807, 2.05) is 0 Å². The summed E-state index contributed by atoms with van der Waals surface area (Å²) in [7, 11) is 0. The fraction of sp³-hybridized carbons (Fsp3) is 0.111. The first-order valence-electron chi connectivity index (χ1n) is 4.79. The predicted molar refractivity (Wildman–Crippen MR) is 53.5 cm³/mol. The Kier molecular flexibility index (Phi) is 3.15. The standard InChI is InChI=1S/C9H5F4N5O/c10-6-2-4(1-5(3-6)9(11,12)13)7(19)14-8-15-17-18-16-8/h1-3H,(H2,14,15,16,17,18,19). The average Bonchev–Trinajstić information content (AvgIpc) is 2.79. The summed E-state index contributed by atoms with van der Waals surface area (Å²) in [6.45, 7) is 0. The van der Waals surface area contributed by atoms with Gasteiger partial charge < -0.3 is 0 Å². The van der Waals surface area contributed by atoms with Crippen LogP contribution in [0.25, 0.3) is 0 Å². The van der Waals surface area contributed by atoms with Gasteiger partial charge in [0, 0.05) is 5.56 Å². The minimum absolute atomic E-state index is 0.234. The first kappa shape index (κ1) is 12.9. The number of nitrogens with one attached hydrogen (secondary N) is 2. The lowest BCUT2D eigenvalue weighted by Crippen LogP contribution is -2.15. The molecule has 0 aliphatic carbocycles. The highest BCUT2D eigenvalue weighted by Crippen LogP contribution is 2.30. The summed E-state index contributed by atoms with van der Waals surface area (Å²) in [5.74, 6) is -2.39. The number of nitrogens with zero attached hydrogens (tertiary/aromatic N) is 3. The van der Waals surface area contributed by atoms with Gasteiger partial charge in [-0.2, -0.15) is 18.4 Å². The lowest BCUT2D eigenvalue weighted by Gasteiger charge is -2.08. The highest BCUT2D eigenvalue weighted by Gasteiger charge is 2.32. The number of aromatic amines is 1. The van der Waals surface area contributed by atoms with Gasteiger partial charge in [-0.3, -0.25) is 10.1 Å². The predicted octanol–water partition coefficient (Wildman–Crippen LogP) is 1.61. The summed E-state index contributed by atoms with van der Waals surface area (Å²) in [6.07, 6.45) is -4.75. The zero-order valence-corrected chi connectivity index (χ0v) is 8.99. The van der Waals surface area contributed by atoms with Crippen molar-refractivity contribution in [3.05, 3.63) is 35.1 Å². The molecule has 1 heterocycles. The number of H-pyrrole nitrogens is 1. The summed E-state index contributed by atoms with van der Waals surface area (Å²) in [5, 5.41) is 14.0. The molecule has 1 aromatic carbocycles. The van der Waals surface area contributed by atoms with Gasteiger partial charge in [-0.1, -0.05) is 5.10 Å². The second-order valence-electron chi connectivity index (χ2n) is 3.42. The van der Waals surface area contributed by atoms with Gasteiger partial charge in [0.15, 0.2) is 0 Å². The van der Waals surface area contributed by atoms with E-state index >= 15 is 0 Å². The van der Waals surface area contributed by atoms with Crippen molar-refractivity contribution in [1.29, 1.82) is 0 Å². The minimum Gasteiger partial charge on any atom is -0.288 e. The second-order valence-corrected chi connectivity index (χ2v) is 3.42. The lowest BCUT2D eigenvalue weighted by atomic mass is 10.1. The maximum atomic E-state index is 13.1. The summed E-state index contributed by atoms with van der Waals surface area (Å²) in [6, 6.07) is 1.49. The first-order valence-corrected chi connectivity index (χ1v) is 4.79. The SMILES string of the molecule is O=C(Nc1nn[nH]n1)c1cc(F)cc(C(F)(F)F)c1. The highest BCUT2D eigenvalue weighted by molar-refractivity contribution is 6.03. The number of hydrogen-bond donors (Lipinski definition) is 2. The lowest BCUT2D eigenvalue weighted by molar-refractivity contribution is -0.137. The Morgan fingerprint density at radius 1 is 1.26 bits per heavy atom. The van der Waals surface area contributed by atoms with E-state index in [-0.39, 0.29) is 5.95 Å². The van der Waals surface area contributed by atoms with Crippen molar-refractivity contribution in [2.45, 2.75) is 6.18 Å². The van der Waals surface area contributed by atoms with Crippen molar-refractivity contribution in [2.75, 3.05) is 5.32 Å². The normalized spacial score (nSPS) is 11.4. The smallest absolute Gasteiger partial charge is 0.288 e. The monoisotopic (exact) mass is 275 g/mol. The molecule has 2 aromatic rings. The molecular formula is C9H5F4N5O. The molecule has 19 heavy (non-hydrogen) atoms. The van der Waals surface area contributed by atoms with Gasteiger partial charge in [0.25, 0.3) is 11.9 Å². The third kappa shape index (κ3) is 3.03. The van der Waals surface area contributed by atoms with Crippen LogP contribution in [0.1, 0.15) is 15.9 Å². The van der Waals surface area contributed by atoms with Gasteiger partial charge in [0.05, 0.1) is 5.56 Å². The summed E-state index contributed by atoms with van der Waals surface area (Å²) >= 11 is 0. The van der Waals surface area contributed by atoms with Crippen LogP contribution in [0.15, 0.2) is 18.2 Å². The summed E-state index contributed by atoms with van der Waals surface area (Å²) in [4.78, 5) is 11.6. The molecule has 0 unspecified atom stereocenters. The molecule has 0 aliphatic rings. The molecule has 0 radical (unpaired) electrons. The molecule has 0 spiro atoms. The molecule has 0 saturated carbocycles. The Morgan fingerprint density at radius 2 is 2.00 bits per heavy atom. The van der Waals surface area contributed by atoms with Gasteiger partial charge in [-0.25, -0.2) is 4.39 Å². The average molecular weight is 275 g/mol. The van der Waals surface area contributed by atoms with Crippen LogP contribution in [0.4, 0.5) is 23.5 Å². The number of amides is 1. The molecule has 2 N–H and O–H groups in total. The molecule has 100 valence electrons. The zero-order valence-electron chi connectivity index (χ0n) is 8.99. The maximum absolute atomic E-state index is 13.1. The molecule has 0 fully saturated rings. The second kappa shape index (κ2) is 4.63. The molecule has 0 bridgehead atoms. The number of aromatic nitrogens is 4. The van der Waals surface area contributed by atoms with Gasteiger partial charge >= 0.3 is 6.18 Å². The van der Waals surface area contributed by atoms with Crippen LogP contribution in [-0.2, 0) is 6.18 Å². The highest BCUT2D eigenvalue weighted by atomic mass is 19.4. The van der Waals surface area contributed by atoms with E-state index in [1.54, 1.807) is 0 Å². The van der Waals surface area contributed by atoms with E-state index in [2.05, 4.69) is 25.9 Å². The van der Waals surface area contributed by atoms with E-state index in [0.717, 1.165) is 0 Å². The number of carbonyl (C=O) groups excluding carboxylic acids is 1. The van der Waals surface area contributed by atoms with Gasteiger partial charge in [0.1, 0.15) is 5.82 Å². The van der Waals surface area contributed by atoms with Crippen molar-refractivity contribution >= 4 is 11.9 Å². The van der Waals surface area contributed by atoms with E-state index in [9.17, 15) is 22.4 Å².